The van der Waals surface area contributed by atoms with Gasteiger partial charge in [-0.2, -0.15) is 10.4 Å². The Morgan fingerprint density at radius 1 is 1.26 bits per heavy atom. The zero-order valence-electron chi connectivity index (χ0n) is 14.4. The van der Waals surface area contributed by atoms with Crippen LogP contribution in [0.1, 0.15) is 28.7 Å². The van der Waals surface area contributed by atoms with Crippen LogP contribution in [-0.4, -0.2) is 35.1 Å². The van der Waals surface area contributed by atoms with Crippen LogP contribution >= 0.6 is 15.9 Å². The van der Waals surface area contributed by atoms with Gasteiger partial charge in [0.05, 0.1) is 22.8 Å². The van der Waals surface area contributed by atoms with Gasteiger partial charge in [0.15, 0.2) is 17.3 Å². The van der Waals surface area contributed by atoms with Crippen LogP contribution < -0.4 is 0 Å². The van der Waals surface area contributed by atoms with Crippen LogP contribution in [0, 0.1) is 18.3 Å². The Morgan fingerprint density at radius 2 is 2.07 bits per heavy atom. The van der Waals surface area contributed by atoms with Gasteiger partial charge in [-0.25, -0.2) is 19.6 Å². The van der Waals surface area contributed by atoms with Gasteiger partial charge in [-0.3, -0.25) is 9.36 Å². The molecule has 0 bridgehead atoms. The lowest BCUT2D eigenvalue weighted by molar-refractivity contribution is 0.101. The van der Waals surface area contributed by atoms with E-state index >= 15 is 0 Å². The van der Waals surface area contributed by atoms with Crippen LogP contribution in [0.3, 0.4) is 0 Å². The van der Waals surface area contributed by atoms with Gasteiger partial charge in [0.25, 0.3) is 0 Å². The van der Waals surface area contributed by atoms with Crippen LogP contribution in [-0.2, 0) is 0 Å². The molecule has 0 aliphatic heterocycles. The van der Waals surface area contributed by atoms with Crippen LogP contribution in [0.15, 0.2) is 41.4 Å². The maximum Gasteiger partial charge on any atom is 0.166 e. The number of aryl methyl sites for hydroxylation is 1. The molecule has 0 saturated carbocycles. The minimum absolute atomic E-state index is 0.140. The van der Waals surface area contributed by atoms with E-state index in [-0.39, 0.29) is 11.5 Å². The van der Waals surface area contributed by atoms with Crippen molar-refractivity contribution in [3.8, 4) is 17.7 Å². The summed E-state index contributed by atoms with van der Waals surface area (Å²) in [6.07, 6.45) is 3.34. The molecule has 4 aromatic rings. The lowest BCUT2D eigenvalue weighted by atomic mass is 10.2. The van der Waals surface area contributed by atoms with E-state index in [9.17, 15) is 4.79 Å². The summed E-state index contributed by atoms with van der Waals surface area (Å²) in [7, 11) is 0. The molecule has 0 unspecified atom stereocenters. The highest BCUT2D eigenvalue weighted by Gasteiger charge is 2.17. The second-order valence-electron chi connectivity index (χ2n) is 5.90. The van der Waals surface area contributed by atoms with Crippen LogP contribution in [0.2, 0.25) is 0 Å². The number of imidazole rings is 1. The smallest absolute Gasteiger partial charge is 0.166 e. The summed E-state index contributed by atoms with van der Waals surface area (Å²) in [4.78, 5) is 25.3. The molecule has 132 valence electrons. The Hall–Kier alpha value is -3.38. The molecule has 0 saturated heterocycles. The molecule has 9 heteroatoms. The summed E-state index contributed by atoms with van der Waals surface area (Å²) in [5, 5.41) is 13.3. The summed E-state index contributed by atoms with van der Waals surface area (Å²) in [5.74, 6) is 0.791. The predicted molar refractivity (Wildman–Crippen MR) is 101 cm³/mol. The Labute approximate surface area is 162 Å². The third-order valence-corrected chi connectivity index (χ3v) is 4.52. The zero-order valence-corrected chi connectivity index (χ0v) is 16.0. The van der Waals surface area contributed by atoms with E-state index in [0.29, 0.717) is 27.5 Å². The predicted octanol–water partition coefficient (Wildman–Crippen LogP) is 3.15. The summed E-state index contributed by atoms with van der Waals surface area (Å²) in [5.41, 5.74) is 2.93. The molecule has 0 amide bonds. The number of Topliss-reactive ketones (excluding diaryl/α,β-unsaturated/α-hetero) is 1. The SMILES string of the molecule is CC(=O)c1ccc(-n2cnc3cc(Br)ncc32)nc1-n1nc(C#N)cc1C. The third kappa shape index (κ3) is 2.90. The van der Waals surface area contributed by atoms with Crippen molar-refractivity contribution in [3.63, 3.8) is 0 Å². The molecule has 4 rings (SSSR count). The number of fused-ring (bicyclic) bond motifs is 1. The molecule has 0 aromatic carbocycles. The first-order chi connectivity index (χ1) is 13.0. The van der Waals surface area contributed by atoms with E-state index in [1.807, 2.05) is 12.1 Å². The number of pyridine rings is 2. The van der Waals surface area contributed by atoms with Gasteiger partial charge in [0.2, 0.25) is 0 Å². The van der Waals surface area contributed by atoms with Gasteiger partial charge in [-0.1, -0.05) is 0 Å². The average Bonchev–Trinajstić information content (AvgIpc) is 3.23. The maximum atomic E-state index is 12.1. The Bertz CT molecular complexity index is 1250. The molecule has 27 heavy (non-hydrogen) atoms. The molecule has 8 nitrogen and oxygen atoms in total. The Morgan fingerprint density at radius 3 is 2.78 bits per heavy atom. The fourth-order valence-electron chi connectivity index (χ4n) is 2.82. The van der Waals surface area contributed by atoms with Crippen molar-refractivity contribution >= 4 is 32.7 Å². The number of nitrogens with zero attached hydrogens (tertiary/aromatic N) is 7. The first kappa shape index (κ1) is 17.1. The van der Waals surface area contributed by atoms with E-state index in [4.69, 9.17) is 5.26 Å². The number of halogens is 1. The topological polar surface area (TPSA) is 102 Å². The van der Waals surface area contributed by atoms with E-state index in [1.54, 1.807) is 42.2 Å². The fourth-order valence-corrected chi connectivity index (χ4v) is 3.14. The van der Waals surface area contributed by atoms with E-state index in [2.05, 4.69) is 36.0 Å². The van der Waals surface area contributed by atoms with Crippen molar-refractivity contribution in [2.75, 3.05) is 0 Å². The normalized spacial score (nSPS) is 10.9. The molecule has 0 N–H and O–H groups in total. The standard InChI is InChI=1S/C18H12BrN7O/c1-10-5-12(7-20)24-26(10)18-13(11(2)27)3-4-17(23-18)25-9-22-14-6-16(19)21-8-15(14)25/h3-6,8-9H,1-2H3. The molecule has 0 aliphatic rings. The fraction of sp³-hybridized carbons (Fsp3) is 0.111. The van der Waals surface area contributed by atoms with Gasteiger partial charge >= 0.3 is 0 Å². The molecule has 4 heterocycles. The summed E-state index contributed by atoms with van der Waals surface area (Å²) in [6, 6.07) is 8.91. The highest BCUT2D eigenvalue weighted by Crippen LogP contribution is 2.22. The number of rotatable bonds is 3. The molecular weight excluding hydrogens is 410 g/mol. The van der Waals surface area contributed by atoms with E-state index in [1.165, 1.54) is 11.6 Å². The minimum atomic E-state index is -0.140. The summed E-state index contributed by atoms with van der Waals surface area (Å²) < 4.78 is 3.98. The zero-order chi connectivity index (χ0) is 19.1. The maximum absolute atomic E-state index is 12.1. The number of hydrogen-bond donors (Lipinski definition) is 0. The molecular formula is C18H12BrN7O. The van der Waals surface area contributed by atoms with Gasteiger partial charge in [0.1, 0.15) is 22.8 Å². The van der Waals surface area contributed by atoms with Crippen molar-refractivity contribution in [3.05, 3.63) is 58.3 Å². The molecule has 0 spiro atoms. The van der Waals surface area contributed by atoms with Crippen molar-refractivity contribution in [2.45, 2.75) is 13.8 Å². The molecule has 0 atom stereocenters. The number of nitriles is 1. The highest BCUT2D eigenvalue weighted by atomic mass is 79.9. The first-order valence-corrected chi connectivity index (χ1v) is 8.75. The lowest BCUT2D eigenvalue weighted by Crippen LogP contribution is -2.11. The van der Waals surface area contributed by atoms with Gasteiger partial charge in [-0.05, 0) is 54.0 Å². The highest BCUT2D eigenvalue weighted by molar-refractivity contribution is 9.10. The lowest BCUT2D eigenvalue weighted by Gasteiger charge is -2.11. The van der Waals surface area contributed by atoms with Crippen molar-refractivity contribution < 1.29 is 4.79 Å². The second-order valence-corrected chi connectivity index (χ2v) is 6.71. The molecule has 0 fully saturated rings. The molecule has 0 radical (unpaired) electrons. The third-order valence-electron chi connectivity index (χ3n) is 4.09. The number of carbonyl (C=O) groups excluding carboxylic acids is 1. The second kappa shape index (κ2) is 6.41. The quantitative estimate of drug-likeness (QED) is 0.371. The van der Waals surface area contributed by atoms with Crippen LogP contribution in [0.25, 0.3) is 22.7 Å². The largest absolute Gasteiger partial charge is 0.294 e. The van der Waals surface area contributed by atoms with Gasteiger partial charge < -0.3 is 0 Å². The van der Waals surface area contributed by atoms with Crippen molar-refractivity contribution in [2.24, 2.45) is 0 Å². The molecule has 0 aliphatic carbocycles. The van der Waals surface area contributed by atoms with E-state index < -0.39 is 0 Å². The number of ketones is 1. The van der Waals surface area contributed by atoms with Crippen LogP contribution in [0.5, 0.6) is 0 Å². The summed E-state index contributed by atoms with van der Waals surface area (Å²) in [6.45, 7) is 3.28. The van der Waals surface area contributed by atoms with Crippen LogP contribution in [0.4, 0.5) is 0 Å². The average molecular weight is 422 g/mol. The number of hydrogen-bond acceptors (Lipinski definition) is 6. The van der Waals surface area contributed by atoms with E-state index in [0.717, 1.165) is 11.0 Å². The van der Waals surface area contributed by atoms with Gasteiger partial charge in [-0.15, -0.1) is 0 Å². The number of carbonyl (C=O) groups is 1. The van der Waals surface area contributed by atoms with Gasteiger partial charge in [0, 0.05) is 5.69 Å². The Balaban J connectivity index is 1.94. The first-order valence-electron chi connectivity index (χ1n) is 7.96. The van der Waals surface area contributed by atoms with Crippen molar-refractivity contribution in [1.29, 1.82) is 5.26 Å². The van der Waals surface area contributed by atoms with Crippen molar-refractivity contribution in [1.82, 2.24) is 29.3 Å². The monoisotopic (exact) mass is 421 g/mol. The Kier molecular flexibility index (Phi) is 4.05. The molecule has 4 aromatic heterocycles. The minimum Gasteiger partial charge on any atom is -0.294 e. The number of aromatic nitrogens is 6. The summed E-state index contributed by atoms with van der Waals surface area (Å²) >= 11 is 3.33.